The molecule has 0 saturated carbocycles. The Bertz CT molecular complexity index is 1520. The van der Waals surface area contributed by atoms with Gasteiger partial charge in [0.15, 0.2) is 29.3 Å². The van der Waals surface area contributed by atoms with Gasteiger partial charge >= 0.3 is 0 Å². The standard InChI is InChI=1S/C28H32O16/c1-39-16-4-10(2-3-12(16)31)15-7-14(33)20-13(32)5-11(6-17(20)41-15)40-28-26(24(37)22(35)19(9-30)43-28)44-27-25(38)23(36)21(34)18(8-29)42-27/h2-7,18-19,21-32,34-38H,8-9H2,1H3/t18-,19-,21-,22-,23-,24+,25-,26-,27+,28-/m1/s1. The van der Waals surface area contributed by atoms with E-state index in [0.717, 1.165) is 12.1 Å². The number of aromatic hydroxyl groups is 2. The summed E-state index contributed by atoms with van der Waals surface area (Å²) in [6.45, 7) is -1.52. The normalized spacial score (nSPS) is 32.5. The molecule has 0 aliphatic carbocycles. The highest BCUT2D eigenvalue weighted by Crippen LogP contribution is 2.36. The smallest absolute Gasteiger partial charge is 0.229 e. The molecular formula is C28H32O16. The van der Waals surface area contributed by atoms with Gasteiger partial charge in [-0.05, 0) is 18.2 Å². The molecule has 2 aromatic carbocycles. The lowest BCUT2D eigenvalue weighted by Crippen LogP contribution is -2.65. The van der Waals surface area contributed by atoms with E-state index in [1.165, 1.54) is 31.4 Å². The molecule has 3 heterocycles. The Morgan fingerprint density at radius 3 is 2.09 bits per heavy atom. The second-order valence-corrected chi connectivity index (χ2v) is 10.3. The third kappa shape index (κ3) is 5.92. The Balaban J connectivity index is 1.48. The summed E-state index contributed by atoms with van der Waals surface area (Å²) in [5.74, 6) is -0.721. The van der Waals surface area contributed by atoms with Gasteiger partial charge in [0.25, 0.3) is 0 Å². The highest BCUT2D eigenvalue weighted by atomic mass is 16.8. The maximum atomic E-state index is 12.9. The number of benzene rings is 2. The Labute approximate surface area is 248 Å². The van der Waals surface area contributed by atoms with Crippen LogP contribution in [0.25, 0.3) is 22.3 Å². The molecule has 2 aliphatic rings. The van der Waals surface area contributed by atoms with Crippen molar-refractivity contribution in [1.82, 2.24) is 0 Å². The average molecular weight is 625 g/mol. The zero-order chi connectivity index (χ0) is 31.9. The second kappa shape index (κ2) is 12.8. The first-order valence-corrected chi connectivity index (χ1v) is 13.4. The van der Waals surface area contributed by atoms with E-state index in [9.17, 15) is 50.8 Å². The number of phenolic OH excluding ortho intramolecular Hbond substituents is 2. The minimum Gasteiger partial charge on any atom is -0.507 e. The second-order valence-electron chi connectivity index (χ2n) is 10.3. The molecule has 0 bridgehead atoms. The Morgan fingerprint density at radius 2 is 1.43 bits per heavy atom. The summed E-state index contributed by atoms with van der Waals surface area (Å²) in [6, 6.07) is 7.63. The molecule has 0 amide bonds. The molecule has 16 heteroatoms. The Hall–Kier alpha value is -3.55. The zero-order valence-electron chi connectivity index (χ0n) is 23.0. The van der Waals surface area contributed by atoms with Crippen molar-refractivity contribution in [2.24, 2.45) is 0 Å². The van der Waals surface area contributed by atoms with Crippen LogP contribution in [0.4, 0.5) is 0 Å². The van der Waals surface area contributed by atoms with Gasteiger partial charge in [0, 0.05) is 23.8 Å². The van der Waals surface area contributed by atoms with E-state index >= 15 is 0 Å². The molecule has 10 atom stereocenters. The van der Waals surface area contributed by atoms with Gasteiger partial charge in [-0.25, -0.2) is 0 Å². The first-order valence-electron chi connectivity index (χ1n) is 13.4. The zero-order valence-corrected chi connectivity index (χ0v) is 23.0. The molecule has 0 radical (unpaired) electrons. The first-order chi connectivity index (χ1) is 21.0. The van der Waals surface area contributed by atoms with Crippen LogP contribution in [0.1, 0.15) is 0 Å². The Kier molecular flexibility index (Phi) is 9.28. The van der Waals surface area contributed by atoms with Crippen LogP contribution < -0.4 is 14.9 Å². The van der Waals surface area contributed by atoms with E-state index in [1.54, 1.807) is 0 Å². The number of aliphatic hydroxyl groups excluding tert-OH is 7. The van der Waals surface area contributed by atoms with E-state index < -0.39 is 85.8 Å². The van der Waals surface area contributed by atoms with Crippen molar-refractivity contribution < 1.29 is 74.1 Å². The van der Waals surface area contributed by atoms with Crippen LogP contribution in [0.2, 0.25) is 0 Å². The van der Waals surface area contributed by atoms with Crippen LogP contribution in [0.3, 0.4) is 0 Å². The number of rotatable bonds is 8. The molecule has 0 spiro atoms. The number of methoxy groups -OCH3 is 1. The topological polar surface area (TPSA) is 258 Å². The molecule has 9 N–H and O–H groups in total. The number of fused-ring (bicyclic) bond motifs is 1. The van der Waals surface area contributed by atoms with E-state index in [4.69, 9.17) is 28.1 Å². The van der Waals surface area contributed by atoms with Crippen LogP contribution >= 0.6 is 0 Å². The molecule has 1 aromatic heterocycles. The van der Waals surface area contributed by atoms with Gasteiger partial charge < -0.3 is 74.1 Å². The molecule has 44 heavy (non-hydrogen) atoms. The van der Waals surface area contributed by atoms with Gasteiger partial charge in [0.1, 0.15) is 71.0 Å². The van der Waals surface area contributed by atoms with Crippen LogP contribution in [-0.4, -0.2) is 128 Å². The van der Waals surface area contributed by atoms with Gasteiger partial charge in [-0.2, -0.15) is 0 Å². The lowest BCUT2D eigenvalue weighted by Gasteiger charge is -2.45. The van der Waals surface area contributed by atoms with Crippen LogP contribution in [0, 0.1) is 0 Å². The van der Waals surface area contributed by atoms with Crippen molar-refractivity contribution in [3.05, 3.63) is 46.6 Å². The van der Waals surface area contributed by atoms with Gasteiger partial charge in [0.05, 0.1) is 20.3 Å². The monoisotopic (exact) mass is 624 g/mol. The lowest BCUT2D eigenvalue weighted by molar-refractivity contribution is -0.357. The quantitative estimate of drug-likeness (QED) is 0.130. The van der Waals surface area contributed by atoms with E-state index in [1.807, 2.05) is 0 Å². The molecule has 240 valence electrons. The molecule has 0 unspecified atom stereocenters. The fourth-order valence-electron chi connectivity index (χ4n) is 5.05. The van der Waals surface area contributed by atoms with Gasteiger partial charge in [0.2, 0.25) is 6.29 Å². The largest absolute Gasteiger partial charge is 0.507 e. The summed E-state index contributed by atoms with van der Waals surface area (Å²) in [4.78, 5) is 12.9. The summed E-state index contributed by atoms with van der Waals surface area (Å²) in [6.07, 6.45) is -16.8. The number of aliphatic hydroxyl groups is 7. The minimum atomic E-state index is -1.87. The van der Waals surface area contributed by atoms with Crippen molar-refractivity contribution in [2.75, 3.05) is 20.3 Å². The fraction of sp³-hybridized carbons (Fsp3) is 0.464. The molecule has 16 nitrogen and oxygen atoms in total. The van der Waals surface area contributed by atoms with Crippen molar-refractivity contribution >= 4 is 11.0 Å². The van der Waals surface area contributed by atoms with E-state index in [-0.39, 0.29) is 34.0 Å². The predicted octanol–water partition coefficient (Wildman–Crippen LogP) is -2.12. The summed E-state index contributed by atoms with van der Waals surface area (Å²) >= 11 is 0. The highest BCUT2D eigenvalue weighted by molar-refractivity contribution is 5.86. The first kappa shape index (κ1) is 31.9. The van der Waals surface area contributed by atoms with Crippen LogP contribution in [0.5, 0.6) is 23.0 Å². The number of hydrogen-bond donors (Lipinski definition) is 9. The van der Waals surface area contributed by atoms with Crippen molar-refractivity contribution in [3.8, 4) is 34.3 Å². The predicted molar refractivity (Wildman–Crippen MR) is 145 cm³/mol. The van der Waals surface area contributed by atoms with Gasteiger partial charge in [-0.1, -0.05) is 0 Å². The molecule has 2 saturated heterocycles. The third-order valence-corrected chi connectivity index (χ3v) is 7.46. The number of ether oxygens (including phenoxy) is 5. The van der Waals surface area contributed by atoms with E-state index in [0.29, 0.717) is 5.56 Å². The lowest BCUT2D eigenvalue weighted by atomic mass is 9.97. The number of hydrogen-bond acceptors (Lipinski definition) is 16. The average Bonchev–Trinajstić information content (AvgIpc) is 3.00. The summed E-state index contributed by atoms with van der Waals surface area (Å²) in [5.41, 5.74) is -0.402. The number of phenols is 2. The van der Waals surface area contributed by atoms with Gasteiger partial charge in [-0.3, -0.25) is 4.79 Å². The minimum absolute atomic E-state index is 0.0500. The van der Waals surface area contributed by atoms with Crippen LogP contribution in [0.15, 0.2) is 45.6 Å². The molecule has 5 rings (SSSR count). The van der Waals surface area contributed by atoms with Crippen molar-refractivity contribution in [1.29, 1.82) is 0 Å². The SMILES string of the molecule is COc1cc(-c2cc(=O)c3c(O)cc(O[C@@H]4O[C@H](CO)[C@@H](O)[C@H](O)[C@H]4O[C@@H]4O[C@H](CO)[C@@H](O)[C@@H](O)[C@H]4O)cc3o2)ccc1O. The van der Waals surface area contributed by atoms with Gasteiger partial charge in [-0.15, -0.1) is 0 Å². The maximum Gasteiger partial charge on any atom is 0.229 e. The third-order valence-electron chi connectivity index (χ3n) is 7.46. The molecular weight excluding hydrogens is 592 g/mol. The van der Waals surface area contributed by atoms with Crippen LogP contribution in [-0.2, 0) is 14.2 Å². The highest BCUT2D eigenvalue weighted by Gasteiger charge is 2.51. The molecule has 2 aliphatic heterocycles. The molecule has 3 aromatic rings. The summed E-state index contributed by atoms with van der Waals surface area (Å²) in [5, 5.41) is 91.5. The summed E-state index contributed by atoms with van der Waals surface area (Å²) < 4.78 is 33.4. The van der Waals surface area contributed by atoms with Crippen molar-refractivity contribution in [3.63, 3.8) is 0 Å². The molecule has 2 fully saturated rings. The van der Waals surface area contributed by atoms with E-state index in [2.05, 4.69) is 0 Å². The Morgan fingerprint density at radius 1 is 0.773 bits per heavy atom. The van der Waals surface area contributed by atoms with Crippen molar-refractivity contribution in [2.45, 2.75) is 61.4 Å². The fourth-order valence-corrected chi connectivity index (χ4v) is 5.05. The maximum absolute atomic E-state index is 12.9. The summed E-state index contributed by atoms with van der Waals surface area (Å²) in [7, 11) is 1.34.